The van der Waals surface area contributed by atoms with E-state index in [2.05, 4.69) is 19.7 Å². The van der Waals surface area contributed by atoms with Gasteiger partial charge in [-0.1, -0.05) is 5.16 Å². The van der Waals surface area contributed by atoms with Crippen molar-refractivity contribution in [3.8, 4) is 5.75 Å². The molecule has 0 aliphatic rings. The second kappa shape index (κ2) is 5.73. The number of methoxy groups -OCH3 is 1. The van der Waals surface area contributed by atoms with Crippen LogP contribution in [0.3, 0.4) is 0 Å². The molecule has 0 amide bonds. The summed E-state index contributed by atoms with van der Waals surface area (Å²) in [6.45, 7) is 2.58. The Balaban J connectivity index is 2.01. The molecule has 6 nitrogen and oxygen atoms in total. The average molecular weight is 307 g/mol. The molecule has 0 spiro atoms. The molecule has 21 heavy (non-hydrogen) atoms. The molecule has 1 unspecified atom stereocenters. The molecule has 0 bridgehead atoms. The van der Waals surface area contributed by atoms with Crippen molar-refractivity contribution in [2.24, 2.45) is 0 Å². The van der Waals surface area contributed by atoms with Gasteiger partial charge in [0.1, 0.15) is 11.6 Å². The van der Waals surface area contributed by atoms with Gasteiger partial charge in [-0.3, -0.25) is 0 Å². The van der Waals surface area contributed by atoms with Crippen LogP contribution in [0.5, 0.6) is 5.75 Å². The zero-order chi connectivity index (χ0) is 14.8. The van der Waals surface area contributed by atoms with Crippen LogP contribution in [-0.2, 0) is 13.0 Å². The Morgan fingerprint density at radius 3 is 2.95 bits per heavy atom. The number of rotatable bonds is 5. The minimum absolute atomic E-state index is 0.186. The van der Waals surface area contributed by atoms with E-state index >= 15 is 0 Å². The highest BCUT2D eigenvalue weighted by molar-refractivity contribution is 6.20. The number of ether oxygens (including phenoxy) is 1. The highest BCUT2D eigenvalue weighted by Crippen LogP contribution is 2.27. The van der Waals surface area contributed by atoms with E-state index in [1.807, 2.05) is 25.1 Å². The Bertz CT molecular complexity index is 737. The van der Waals surface area contributed by atoms with E-state index in [-0.39, 0.29) is 5.38 Å². The van der Waals surface area contributed by atoms with Gasteiger partial charge in [-0.2, -0.15) is 4.98 Å². The predicted octanol–water partition coefficient (Wildman–Crippen LogP) is 2.97. The van der Waals surface area contributed by atoms with Crippen LogP contribution in [0.4, 0.5) is 0 Å². The van der Waals surface area contributed by atoms with Crippen molar-refractivity contribution < 1.29 is 9.26 Å². The molecule has 0 radical (unpaired) electrons. The first-order valence-corrected chi connectivity index (χ1v) is 7.06. The maximum atomic E-state index is 6.25. The van der Waals surface area contributed by atoms with Crippen molar-refractivity contribution >= 4 is 22.6 Å². The number of imidazole rings is 1. The first kappa shape index (κ1) is 13.9. The van der Waals surface area contributed by atoms with Crippen molar-refractivity contribution in [1.29, 1.82) is 0 Å². The van der Waals surface area contributed by atoms with Gasteiger partial charge in [0, 0.05) is 19.0 Å². The topological polar surface area (TPSA) is 66.0 Å². The van der Waals surface area contributed by atoms with E-state index < -0.39 is 0 Å². The number of aromatic nitrogens is 4. The summed E-state index contributed by atoms with van der Waals surface area (Å²) in [6.07, 6.45) is 1.98. The second-order valence-electron chi connectivity index (χ2n) is 4.69. The highest BCUT2D eigenvalue weighted by Gasteiger charge is 2.16. The molecule has 3 rings (SSSR count). The molecule has 2 heterocycles. The number of fused-ring (bicyclic) bond motifs is 1. The summed E-state index contributed by atoms with van der Waals surface area (Å²) in [5.74, 6) is 2.27. The van der Waals surface area contributed by atoms with Crippen molar-refractivity contribution in [1.82, 2.24) is 19.7 Å². The smallest absolute Gasteiger partial charge is 0.213 e. The van der Waals surface area contributed by atoms with Gasteiger partial charge in [-0.25, -0.2) is 4.98 Å². The van der Waals surface area contributed by atoms with Crippen LogP contribution in [0.25, 0.3) is 11.0 Å². The molecule has 2 aromatic heterocycles. The van der Waals surface area contributed by atoms with E-state index in [4.69, 9.17) is 20.9 Å². The Kier molecular flexibility index (Phi) is 3.79. The van der Waals surface area contributed by atoms with Crippen LogP contribution in [-0.4, -0.2) is 26.8 Å². The molecule has 0 saturated heterocycles. The van der Waals surface area contributed by atoms with Crippen molar-refractivity contribution in [3.05, 3.63) is 36.2 Å². The maximum absolute atomic E-state index is 6.25. The van der Waals surface area contributed by atoms with E-state index in [9.17, 15) is 0 Å². The highest BCUT2D eigenvalue weighted by atomic mass is 35.5. The van der Waals surface area contributed by atoms with Crippen LogP contribution in [0.2, 0.25) is 0 Å². The summed E-state index contributed by atoms with van der Waals surface area (Å²) in [5.41, 5.74) is 1.88. The van der Waals surface area contributed by atoms with Crippen LogP contribution in [0.1, 0.15) is 23.9 Å². The molecule has 1 atom stereocenters. The van der Waals surface area contributed by atoms with Gasteiger partial charge in [0.25, 0.3) is 0 Å². The largest absolute Gasteiger partial charge is 0.497 e. The summed E-state index contributed by atoms with van der Waals surface area (Å²) in [5, 5.41) is 3.64. The van der Waals surface area contributed by atoms with E-state index in [1.165, 1.54) is 6.39 Å². The standard InChI is InChI=1S/C14H15ClN4O2/c1-9(15)14-17-11-4-3-10(20-2)7-12(11)19(14)6-5-13-16-8-21-18-13/h3-4,7-9H,5-6H2,1-2H3. The molecule has 0 aliphatic heterocycles. The van der Waals surface area contributed by atoms with Crippen LogP contribution in [0.15, 0.2) is 29.1 Å². The number of alkyl halides is 1. The minimum Gasteiger partial charge on any atom is -0.497 e. The van der Waals surface area contributed by atoms with Gasteiger partial charge in [0.05, 0.1) is 23.5 Å². The lowest BCUT2D eigenvalue weighted by Crippen LogP contribution is -2.07. The van der Waals surface area contributed by atoms with Crippen molar-refractivity contribution in [2.75, 3.05) is 7.11 Å². The van der Waals surface area contributed by atoms with E-state index in [0.717, 1.165) is 22.6 Å². The minimum atomic E-state index is -0.186. The second-order valence-corrected chi connectivity index (χ2v) is 5.34. The lowest BCUT2D eigenvalue weighted by atomic mass is 10.3. The van der Waals surface area contributed by atoms with Crippen LogP contribution < -0.4 is 4.74 Å². The van der Waals surface area contributed by atoms with E-state index in [1.54, 1.807) is 7.11 Å². The number of benzene rings is 1. The zero-order valence-corrected chi connectivity index (χ0v) is 12.5. The molecule has 0 N–H and O–H groups in total. The monoisotopic (exact) mass is 306 g/mol. The van der Waals surface area contributed by atoms with Gasteiger partial charge in [0.2, 0.25) is 6.39 Å². The quantitative estimate of drug-likeness (QED) is 0.678. The molecule has 0 saturated carbocycles. The Hall–Kier alpha value is -2.08. The molecular formula is C14H15ClN4O2. The molecule has 3 aromatic rings. The maximum Gasteiger partial charge on any atom is 0.213 e. The first-order chi connectivity index (χ1) is 10.2. The lowest BCUT2D eigenvalue weighted by molar-refractivity contribution is 0.408. The van der Waals surface area contributed by atoms with Crippen molar-refractivity contribution in [3.63, 3.8) is 0 Å². The molecule has 0 aliphatic carbocycles. The molecule has 7 heteroatoms. The summed E-state index contributed by atoms with van der Waals surface area (Å²) >= 11 is 6.25. The van der Waals surface area contributed by atoms with Gasteiger partial charge < -0.3 is 13.8 Å². The fourth-order valence-corrected chi connectivity index (χ4v) is 2.47. The lowest BCUT2D eigenvalue weighted by Gasteiger charge is -2.09. The average Bonchev–Trinajstić information content (AvgIpc) is 3.11. The SMILES string of the molecule is COc1ccc2nc(C(C)Cl)n(CCc3ncon3)c2c1. The van der Waals surface area contributed by atoms with Crippen molar-refractivity contribution in [2.45, 2.75) is 25.3 Å². The number of hydrogen-bond acceptors (Lipinski definition) is 5. The molecular weight excluding hydrogens is 292 g/mol. The normalized spacial score (nSPS) is 12.7. The summed E-state index contributed by atoms with van der Waals surface area (Å²) in [4.78, 5) is 8.63. The third-order valence-electron chi connectivity index (χ3n) is 3.31. The Morgan fingerprint density at radius 1 is 1.43 bits per heavy atom. The fraction of sp³-hybridized carbons (Fsp3) is 0.357. The van der Waals surface area contributed by atoms with Gasteiger partial charge >= 0.3 is 0 Å². The number of nitrogens with zero attached hydrogens (tertiary/aromatic N) is 4. The van der Waals surface area contributed by atoms with Gasteiger partial charge in [0.15, 0.2) is 5.82 Å². The first-order valence-electron chi connectivity index (χ1n) is 6.62. The van der Waals surface area contributed by atoms with E-state index in [0.29, 0.717) is 18.8 Å². The summed E-state index contributed by atoms with van der Waals surface area (Å²) < 4.78 is 12.1. The Labute approximate surface area is 126 Å². The fourth-order valence-electron chi connectivity index (χ4n) is 2.30. The summed E-state index contributed by atoms with van der Waals surface area (Å²) in [6, 6.07) is 5.78. The third-order valence-corrected chi connectivity index (χ3v) is 3.50. The number of aryl methyl sites for hydroxylation is 2. The Morgan fingerprint density at radius 2 is 2.29 bits per heavy atom. The zero-order valence-electron chi connectivity index (χ0n) is 11.8. The molecule has 110 valence electrons. The summed E-state index contributed by atoms with van der Waals surface area (Å²) in [7, 11) is 1.65. The third kappa shape index (κ3) is 2.71. The van der Waals surface area contributed by atoms with Crippen LogP contribution in [0, 0.1) is 0 Å². The van der Waals surface area contributed by atoms with Gasteiger partial charge in [-0.15, -0.1) is 11.6 Å². The predicted molar refractivity (Wildman–Crippen MR) is 78.6 cm³/mol. The number of halogens is 1. The van der Waals surface area contributed by atoms with Gasteiger partial charge in [-0.05, 0) is 19.1 Å². The molecule has 1 aromatic carbocycles. The molecule has 0 fully saturated rings. The number of hydrogen-bond donors (Lipinski definition) is 0. The van der Waals surface area contributed by atoms with Crippen LogP contribution >= 0.6 is 11.6 Å².